The van der Waals surface area contributed by atoms with Gasteiger partial charge in [-0.3, -0.25) is 10.1 Å². The van der Waals surface area contributed by atoms with Gasteiger partial charge in [0.15, 0.2) is 0 Å². The second-order valence-electron chi connectivity index (χ2n) is 6.28. The van der Waals surface area contributed by atoms with Gasteiger partial charge >= 0.3 is 0 Å². The highest BCUT2D eigenvalue weighted by Crippen LogP contribution is 2.37. The topological polar surface area (TPSA) is 49.6 Å². The Morgan fingerprint density at radius 1 is 0.731 bits per heavy atom. The molecule has 5 heteroatoms. The van der Waals surface area contributed by atoms with E-state index in [0.717, 1.165) is 30.0 Å². The van der Waals surface area contributed by atoms with E-state index in [4.69, 9.17) is 0 Å². The van der Waals surface area contributed by atoms with Crippen molar-refractivity contribution in [3.63, 3.8) is 0 Å². The fourth-order valence-electron chi connectivity index (χ4n) is 3.54. The summed E-state index contributed by atoms with van der Waals surface area (Å²) in [6.07, 6.45) is 0.000559. The minimum atomic E-state index is -0.359. The molecule has 1 aliphatic rings. The Labute approximate surface area is 152 Å². The van der Waals surface area contributed by atoms with Crippen molar-refractivity contribution in [1.29, 1.82) is 0 Å². The molecule has 1 aliphatic heterocycles. The van der Waals surface area contributed by atoms with Crippen molar-refractivity contribution in [2.24, 2.45) is 0 Å². The minimum Gasteiger partial charge on any atom is -0.346 e. The molecule has 0 aromatic heterocycles. The van der Waals surface area contributed by atoms with Crippen LogP contribution in [0, 0.1) is 10.1 Å². The van der Waals surface area contributed by atoms with Gasteiger partial charge in [0.05, 0.1) is 4.92 Å². The summed E-state index contributed by atoms with van der Waals surface area (Å²) in [7, 11) is 0. The van der Waals surface area contributed by atoms with Crippen molar-refractivity contribution in [3.8, 4) is 0 Å². The van der Waals surface area contributed by atoms with Gasteiger partial charge in [-0.2, -0.15) is 0 Å². The summed E-state index contributed by atoms with van der Waals surface area (Å²) < 4.78 is 0. The summed E-state index contributed by atoms with van der Waals surface area (Å²) in [5.41, 5.74) is 3.45. The first kappa shape index (κ1) is 16.1. The number of benzene rings is 3. The third-order valence-corrected chi connectivity index (χ3v) is 4.75. The minimum absolute atomic E-state index is 0.000559. The molecule has 130 valence electrons. The third-order valence-electron chi connectivity index (χ3n) is 4.75. The van der Waals surface area contributed by atoms with E-state index >= 15 is 0 Å². The van der Waals surface area contributed by atoms with E-state index in [0.29, 0.717) is 0 Å². The van der Waals surface area contributed by atoms with Crippen LogP contribution in [0.3, 0.4) is 0 Å². The molecule has 3 aromatic rings. The van der Waals surface area contributed by atoms with Gasteiger partial charge in [-0.25, -0.2) is 0 Å². The quantitative estimate of drug-likeness (QED) is 0.511. The Morgan fingerprint density at radius 2 is 1.19 bits per heavy atom. The molecule has 26 heavy (non-hydrogen) atoms. The fraction of sp³-hybridized carbons (Fsp3) is 0.143. The van der Waals surface area contributed by atoms with E-state index in [1.54, 1.807) is 12.1 Å². The predicted molar refractivity (Wildman–Crippen MR) is 103 cm³/mol. The van der Waals surface area contributed by atoms with Gasteiger partial charge < -0.3 is 9.80 Å². The number of anilines is 2. The molecule has 0 spiro atoms. The Morgan fingerprint density at radius 3 is 1.62 bits per heavy atom. The van der Waals surface area contributed by atoms with Crippen LogP contribution >= 0.6 is 0 Å². The summed E-state index contributed by atoms with van der Waals surface area (Å²) in [6.45, 7) is 1.78. The SMILES string of the molecule is O=[N+]([O-])c1ccc(C2N(c3ccccc3)CCN2c2ccccc2)cc1. The molecule has 0 N–H and O–H groups in total. The number of hydrogen-bond donors (Lipinski definition) is 0. The van der Waals surface area contributed by atoms with E-state index < -0.39 is 0 Å². The second-order valence-corrected chi connectivity index (χ2v) is 6.28. The number of hydrogen-bond acceptors (Lipinski definition) is 4. The van der Waals surface area contributed by atoms with Crippen LogP contribution in [0.1, 0.15) is 11.7 Å². The van der Waals surface area contributed by atoms with E-state index in [9.17, 15) is 10.1 Å². The van der Waals surface area contributed by atoms with Crippen LogP contribution in [0.2, 0.25) is 0 Å². The number of non-ortho nitro benzene ring substituents is 1. The molecule has 0 radical (unpaired) electrons. The molecular weight excluding hydrogens is 326 g/mol. The first-order valence-electron chi connectivity index (χ1n) is 8.62. The van der Waals surface area contributed by atoms with Crippen molar-refractivity contribution in [2.75, 3.05) is 22.9 Å². The van der Waals surface area contributed by atoms with Crippen molar-refractivity contribution in [3.05, 3.63) is 101 Å². The summed E-state index contributed by atoms with van der Waals surface area (Å²) >= 11 is 0. The van der Waals surface area contributed by atoms with E-state index in [-0.39, 0.29) is 16.8 Å². The summed E-state index contributed by atoms with van der Waals surface area (Å²) in [5.74, 6) is 0. The first-order valence-corrected chi connectivity index (χ1v) is 8.62. The average molecular weight is 345 g/mol. The maximum atomic E-state index is 11.0. The van der Waals surface area contributed by atoms with Crippen LogP contribution in [0.25, 0.3) is 0 Å². The summed E-state index contributed by atoms with van der Waals surface area (Å²) in [4.78, 5) is 15.3. The third kappa shape index (κ3) is 2.99. The highest BCUT2D eigenvalue weighted by Gasteiger charge is 2.33. The highest BCUT2D eigenvalue weighted by molar-refractivity contribution is 5.59. The van der Waals surface area contributed by atoms with Gasteiger partial charge in [0.25, 0.3) is 5.69 Å². The van der Waals surface area contributed by atoms with E-state index in [2.05, 4.69) is 34.1 Å². The van der Waals surface area contributed by atoms with Gasteiger partial charge in [0.1, 0.15) is 6.17 Å². The predicted octanol–water partition coefficient (Wildman–Crippen LogP) is 4.62. The molecule has 1 fully saturated rings. The van der Waals surface area contributed by atoms with Gasteiger partial charge in [-0.05, 0) is 42.0 Å². The number of rotatable bonds is 4. The zero-order valence-corrected chi connectivity index (χ0v) is 14.2. The van der Waals surface area contributed by atoms with Crippen LogP contribution in [0.4, 0.5) is 17.1 Å². The van der Waals surface area contributed by atoms with Gasteiger partial charge in [-0.1, -0.05) is 36.4 Å². The van der Waals surface area contributed by atoms with Crippen LogP contribution in [-0.4, -0.2) is 18.0 Å². The summed E-state index contributed by atoms with van der Waals surface area (Å²) in [5, 5.41) is 11.0. The van der Waals surface area contributed by atoms with Crippen molar-refractivity contribution in [2.45, 2.75) is 6.17 Å². The average Bonchev–Trinajstić information content (AvgIpc) is 3.14. The van der Waals surface area contributed by atoms with Crippen molar-refractivity contribution in [1.82, 2.24) is 0 Å². The lowest BCUT2D eigenvalue weighted by atomic mass is 10.1. The number of nitro benzene ring substituents is 1. The molecule has 0 atom stereocenters. The van der Waals surface area contributed by atoms with Crippen molar-refractivity contribution >= 4 is 17.1 Å². The van der Waals surface area contributed by atoms with E-state index in [1.165, 1.54) is 0 Å². The lowest BCUT2D eigenvalue weighted by molar-refractivity contribution is -0.384. The molecule has 1 saturated heterocycles. The molecule has 0 saturated carbocycles. The number of para-hydroxylation sites is 2. The normalized spacial score (nSPS) is 14.6. The molecule has 5 nitrogen and oxygen atoms in total. The fourth-order valence-corrected chi connectivity index (χ4v) is 3.54. The van der Waals surface area contributed by atoms with Gasteiger partial charge in [0, 0.05) is 36.6 Å². The highest BCUT2D eigenvalue weighted by atomic mass is 16.6. The molecule has 3 aromatic carbocycles. The van der Waals surface area contributed by atoms with Crippen LogP contribution in [0.15, 0.2) is 84.9 Å². The Bertz CT molecular complexity index is 835. The molecule has 0 bridgehead atoms. The maximum Gasteiger partial charge on any atom is 0.269 e. The van der Waals surface area contributed by atoms with E-state index in [1.807, 2.05) is 48.5 Å². The summed E-state index contributed by atoms with van der Waals surface area (Å²) in [6, 6.07) is 27.5. The Kier molecular flexibility index (Phi) is 4.27. The van der Waals surface area contributed by atoms with Crippen LogP contribution in [-0.2, 0) is 0 Å². The standard InChI is InChI=1S/C21H19N3O2/c25-24(26)20-13-11-17(12-14-20)21-22(18-7-3-1-4-8-18)15-16-23(21)19-9-5-2-6-10-19/h1-14,21H,15-16H2. The van der Waals surface area contributed by atoms with Crippen LogP contribution in [0.5, 0.6) is 0 Å². The molecule has 0 amide bonds. The zero-order chi connectivity index (χ0) is 17.9. The first-order chi connectivity index (χ1) is 12.7. The Balaban J connectivity index is 1.75. The molecule has 1 heterocycles. The maximum absolute atomic E-state index is 11.0. The zero-order valence-electron chi connectivity index (χ0n) is 14.2. The largest absolute Gasteiger partial charge is 0.346 e. The lowest BCUT2D eigenvalue weighted by Crippen LogP contribution is -2.30. The monoisotopic (exact) mass is 345 g/mol. The van der Waals surface area contributed by atoms with Gasteiger partial charge in [0.2, 0.25) is 0 Å². The molecule has 4 rings (SSSR count). The number of nitro groups is 1. The Hall–Kier alpha value is -3.34. The second kappa shape index (κ2) is 6.88. The number of nitrogens with zero attached hydrogens (tertiary/aromatic N) is 3. The van der Waals surface area contributed by atoms with Crippen LogP contribution < -0.4 is 9.80 Å². The molecule has 0 aliphatic carbocycles. The van der Waals surface area contributed by atoms with Crippen molar-refractivity contribution < 1.29 is 4.92 Å². The van der Waals surface area contributed by atoms with Gasteiger partial charge in [-0.15, -0.1) is 0 Å². The molecular formula is C21H19N3O2. The molecule has 0 unspecified atom stereocenters. The lowest BCUT2D eigenvalue weighted by Gasteiger charge is -2.33. The smallest absolute Gasteiger partial charge is 0.269 e.